The number of fused-ring (bicyclic) bond motifs is 2. The van der Waals surface area contributed by atoms with Gasteiger partial charge in [0.25, 0.3) is 5.91 Å². The van der Waals surface area contributed by atoms with E-state index < -0.39 is 0 Å². The summed E-state index contributed by atoms with van der Waals surface area (Å²) in [5.41, 5.74) is 4.88. The van der Waals surface area contributed by atoms with E-state index in [2.05, 4.69) is 25.0 Å². The standard InChI is InChI=1S/C21H22N4O/c1-13(2)25-20-17(12-22-25)16(11-18(23-20)14-7-8-14)21(26)24-10-9-15-5-3-4-6-19(15)24/h3-6,11-14H,7-10H2,1-2H3. The maximum Gasteiger partial charge on any atom is 0.259 e. The van der Waals surface area contributed by atoms with Crippen molar-refractivity contribution in [3.63, 3.8) is 0 Å². The van der Waals surface area contributed by atoms with Crippen LogP contribution >= 0.6 is 0 Å². The van der Waals surface area contributed by atoms with Crippen molar-refractivity contribution in [3.05, 3.63) is 53.3 Å². The molecule has 1 amide bonds. The number of amides is 1. The van der Waals surface area contributed by atoms with Crippen LogP contribution in [0.2, 0.25) is 0 Å². The minimum absolute atomic E-state index is 0.0626. The van der Waals surface area contributed by atoms with Gasteiger partial charge in [-0.15, -0.1) is 0 Å². The number of para-hydroxylation sites is 1. The van der Waals surface area contributed by atoms with E-state index in [0.717, 1.165) is 53.8 Å². The van der Waals surface area contributed by atoms with Crippen molar-refractivity contribution < 1.29 is 4.79 Å². The highest BCUT2D eigenvalue weighted by Crippen LogP contribution is 2.41. The van der Waals surface area contributed by atoms with Crippen molar-refractivity contribution in [1.82, 2.24) is 14.8 Å². The van der Waals surface area contributed by atoms with Crippen molar-refractivity contribution in [2.45, 2.75) is 45.1 Å². The van der Waals surface area contributed by atoms with Crippen LogP contribution in [-0.4, -0.2) is 27.2 Å². The average Bonchev–Trinajstić information content (AvgIpc) is 3.26. The Morgan fingerprint density at radius 1 is 1.23 bits per heavy atom. The second-order valence-electron chi connectivity index (χ2n) is 7.62. The van der Waals surface area contributed by atoms with E-state index in [1.807, 2.05) is 33.8 Å². The second kappa shape index (κ2) is 5.66. The first-order valence-corrected chi connectivity index (χ1v) is 9.41. The Balaban J connectivity index is 1.65. The summed E-state index contributed by atoms with van der Waals surface area (Å²) < 4.78 is 1.93. The van der Waals surface area contributed by atoms with Crippen LogP contribution in [0.5, 0.6) is 0 Å². The van der Waals surface area contributed by atoms with Gasteiger partial charge in [0.15, 0.2) is 5.65 Å². The molecule has 0 atom stereocenters. The van der Waals surface area contributed by atoms with E-state index in [9.17, 15) is 4.79 Å². The van der Waals surface area contributed by atoms with Crippen molar-refractivity contribution >= 4 is 22.6 Å². The van der Waals surface area contributed by atoms with Crippen LogP contribution in [0, 0.1) is 0 Å². The summed E-state index contributed by atoms with van der Waals surface area (Å²) in [7, 11) is 0. The molecule has 1 aliphatic carbocycles. The third-order valence-corrected chi connectivity index (χ3v) is 5.43. The lowest BCUT2D eigenvalue weighted by Crippen LogP contribution is -2.29. The van der Waals surface area contributed by atoms with E-state index >= 15 is 0 Å². The number of benzene rings is 1. The predicted molar refractivity (Wildman–Crippen MR) is 102 cm³/mol. The van der Waals surface area contributed by atoms with E-state index in [0.29, 0.717) is 5.92 Å². The molecule has 26 heavy (non-hydrogen) atoms. The van der Waals surface area contributed by atoms with Crippen LogP contribution in [0.4, 0.5) is 5.69 Å². The van der Waals surface area contributed by atoms with Crippen molar-refractivity contribution in [2.24, 2.45) is 0 Å². The molecule has 2 aliphatic rings. The quantitative estimate of drug-likeness (QED) is 0.718. The molecule has 1 aromatic carbocycles. The minimum Gasteiger partial charge on any atom is -0.308 e. The summed E-state index contributed by atoms with van der Waals surface area (Å²) in [4.78, 5) is 20.2. The van der Waals surface area contributed by atoms with Gasteiger partial charge in [-0.1, -0.05) is 18.2 Å². The number of hydrogen-bond donors (Lipinski definition) is 0. The monoisotopic (exact) mass is 346 g/mol. The molecule has 5 nitrogen and oxygen atoms in total. The molecule has 3 heterocycles. The Morgan fingerprint density at radius 3 is 2.81 bits per heavy atom. The lowest BCUT2D eigenvalue weighted by atomic mass is 10.1. The molecule has 1 fully saturated rings. The van der Waals surface area contributed by atoms with Crippen LogP contribution in [0.3, 0.4) is 0 Å². The van der Waals surface area contributed by atoms with Gasteiger partial charge in [-0.2, -0.15) is 5.10 Å². The molecule has 0 radical (unpaired) electrons. The number of carbonyl (C=O) groups excluding carboxylic acids is 1. The van der Waals surface area contributed by atoms with Gasteiger partial charge in [-0.05, 0) is 50.8 Å². The van der Waals surface area contributed by atoms with Crippen molar-refractivity contribution in [1.29, 1.82) is 0 Å². The molecule has 1 saturated carbocycles. The topological polar surface area (TPSA) is 51.0 Å². The number of carbonyl (C=O) groups is 1. The molecule has 0 bridgehead atoms. The van der Waals surface area contributed by atoms with Crippen LogP contribution in [0.15, 0.2) is 36.5 Å². The molecule has 5 rings (SSSR count). The zero-order valence-corrected chi connectivity index (χ0v) is 15.1. The van der Waals surface area contributed by atoms with E-state index in [-0.39, 0.29) is 11.9 Å². The average molecular weight is 346 g/mol. The fourth-order valence-corrected chi connectivity index (χ4v) is 3.88. The largest absolute Gasteiger partial charge is 0.308 e. The number of pyridine rings is 1. The molecule has 3 aromatic rings. The van der Waals surface area contributed by atoms with Gasteiger partial charge in [0.1, 0.15) is 0 Å². The van der Waals surface area contributed by atoms with Gasteiger partial charge in [0, 0.05) is 29.9 Å². The van der Waals surface area contributed by atoms with E-state index in [1.165, 1.54) is 5.56 Å². The maximum atomic E-state index is 13.5. The van der Waals surface area contributed by atoms with E-state index in [4.69, 9.17) is 4.98 Å². The smallest absolute Gasteiger partial charge is 0.259 e. The number of nitrogens with zero attached hydrogens (tertiary/aromatic N) is 4. The van der Waals surface area contributed by atoms with Crippen LogP contribution in [0.1, 0.15) is 60.3 Å². The zero-order valence-electron chi connectivity index (χ0n) is 15.1. The highest BCUT2D eigenvalue weighted by molar-refractivity contribution is 6.14. The Morgan fingerprint density at radius 2 is 2.04 bits per heavy atom. The number of hydrogen-bond acceptors (Lipinski definition) is 3. The Kier molecular flexibility index (Phi) is 3.39. The first-order chi connectivity index (χ1) is 12.6. The van der Waals surface area contributed by atoms with Gasteiger partial charge in [0.2, 0.25) is 0 Å². The molecule has 0 spiro atoms. The molecule has 1 aliphatic heterocycles. The lowest BCUT2D eigenvalue weighted by molar-refractivity contribution is 0.0991. The summed E-state index contributed by atoms with van der Waals surface area (Å²) in [5.74, 6) is 0.555. The Hall–Kier alpha value is -2.69. The van der Waals surface area contributed by atoms with Crippen LogP contribution in [-0.2, 0) is 6.42 Å². The SMILES string of the molecule is CC(C)n1ncc2c(C(=O)N3CCc4ccccc43)cc(C3CC3)nc21. The molecule has 2 aromatic heterocycles. The van der Waals surface area contributed by atoms with Crippen molar-refractivity contribution in [2.75, 3.05) is 11.4 Å². The predicted octanol–water partition coefficient (Wildman–Crippen LogP) is 4.09. The molecule has 5 heteroatoms. The van der Waals surface area contributed by atoms with Gasteiger partial charge >= 0.3 is 0 Å². The first kappa shape index (κ1) is 15.6. The van der Waals surface area contributed by atoms with Gasteiger partial charge < -0.3 is 4.90 Å². The van der Waals surface area contributed by atoms with Crippen LogP contribution < -0.4 is 4.90 Å². The highest BCUT2D eigenvalue weighted by Gasteiger charge is 2.31. The van der Waals surface area contributed by atoms with Gasteiger partial charge in [0.05, 0.1) is 17.1 Å². The Labute approximate surface area is 152 Å². The normalized spacial score (nSPS) is 16.5. The maximum absolute atomic E-state index is 13.5. The summed E-state index contributed by atoms with van der Waals surface area (Å²) >= 11 is 0. The fourth-order valence-electron chi connectivity index (χ4n) is 3.88. The summed E-state index contributed by atoms with van der Waals surface area (Å²) in [6, 6.07) is 10.4. The first-order valence-electron chi connectivity index (χ1n) is 9.41. The van der Waals surface area contributed by atoms with E-state index in [1.54, 1.807) is 6.20 Å². The molecular weight excluding hydrogens is 324 g/mol. The molecule has 132 valence electrons. The Bertz CT molecular complexity index is 1020. The number of rotatable bonds is 3. The number of anilines is 1. The molecule has 0 N–H and O–H groups in total. The lowest BCUT2D eigenvalue weighted by Gasteiger charge is -2.18. The molecular formula is C21H22N4O. The highest BCUT2D eigenvalue weighted by atomic mass is 16.2. The molecule has 0 unspecified atom stereocenters. The van der Waals surface area contributed by atoms with Crippen molar-refractivity contribution in [3.8, 4) is 0 Å². The zero-order chi connectivity index (χ0) is 17.8. The fraction of sp³-hybridized carbons (Fsp3) is 0.381. The summed E-state index contributed by atoms with van der Waals surface area (Å²) in [5, 5.41) is 5.37. The van der Waals surface area contributed by atoms with Crippen LogP contribution in [0.25, 0.3) is 11.0 Å². The third kappa shape index (κ3) is 2.34. The minimum atomic E-state index is 0.0626. The second-order valence-corrected chi connectivity index (χ2v) is 7.62. The number of aromatic nitrogens is 3. The third-order valence-electron chi connectivity index (χ3n) is 5.43. The summed E-state index contributed by atoms with van der Waals surface area (Å²) in [6.07, 6.45) is 5.04. The summed E-state index contributed by atoms with van der Waals surface area (Å²) in [6.45, 7) is 4.92. The molecule has 0 saturated heterocycles. The van der Waals surface area contributed by atoms with Gasteiger partial charge in [-0.25, -0.2) is 9.67 Å². The van der Waals surface area contributed by atoms with Gasteiger partial charge in [-0.3, -0.25) is 4.79 Å².